The van der Waals surface area contributed by atoms with E-state index in [4.69, 9.17) is 0 Å². The zero-order valence-corrected chi connectivity index (χ0v) is 8.40. The van der Waals surface area contributed by atoms with E-state index in [0.717, 1.165) is 12.8 Å². The van der Waals surface area contributed by atoms with Gasteiger partial charge in [0.25, 0.3) is 0 Å². The molecule has 0 radical (unpaired) electrons. The summed E-state index contributed by atoms with van der Waals surface area (Å²) >= 11 is 0. The van der Waals surface area contributed by atoms with E-state index in [2.05, 4.69) is 6.92 Å². The van der Waals surface area contributed by atoms with Gasteiger partial charge in [0.2, 0.25) is 0 Å². The third-order valence-electron chi connectivity index (χ3n) is 1.91. The summed E-state index contributed by atoms with van der Waals surface area (Å²) in [5, 5.41) is 0. The van der Waals surface area contributed by atoms with Crippen LogP contribution in [0.5, 0.6) is 0 Å². The predicted octanol–water partition coefficient (Wildman–Crippen LogP) is 3.04. The fourth-order valence-corrected chi connectivity index (χ4v) is 1.30. The summed E-state index contributed by atoms with van der Waals surface area (Å²) in [6.45, 7) is 10.1. The van der Waals surface area contributed by atoms with Crippen LogP contribution >= 0.6 is 0 Å². The Bertz CT molecular complexity index is 130. The fourth-order valence-electron chi connectivity index (χ4n) is 1.30. The number of hydrogen-bond donors (Lipinski definition) is 0. The van der Waals surface area contributed by atoms with Gasteiger partial charge >= 0.3 is 0 Å². The smallest absolute Gasteiger partial charge is 0.140 e. The van der Waals surface area contributed by atoms with E-state index in [1.165, 1.54) is 0 Å². The average Bonchev–Trinajstić information content (AvgIpc) is 1.85. The molecule has 11 heavy (non-hydrogen) atoms. The lowest BCUT2D eigenvalue weighted by molar-refractivity contribution is -0.130. The van der Waals surface area contributed by atoms with Crippen LogP contribution in [0.1, 0.15) is 47.5 Å². The molecule has 1 atom stereocenters. The summed E-state index contributed by atoms with van der Waals surface area (Å²) in [5.41, 5.74) is -0.158. The second-order valence-electron chi connectivity index (χ2n) is 4.30. The minimum absolute atomic E-state index is 0.158. The van der Waals surface area contributed by atoms with Crippen LogP contribution in [-0.4, -0.2) is 5.78 Å². The van der Waals surface area contributed by atoms with Crippen LogP contribution in [0, 0.1) is 11.3 Å². The summed E-state index contributed by atoms with van der Waals surface area (Å²) in [5.74, 6) is 0.624. The minimum Gasteiger partial charge on any atom is -0.299 e. The van der Waals surface area contributed by atoms with Gasteiger partial charge in [0.1, 0.15) is 5.78 Å². The molecule has 1 unspecified atom stereocenters. The van der Waals surface area contributed by atoms with Gasteiger partial charge in [-0.3, -0.25) is 4.79 Å². The van der Waals surface area contributed by atoms with Crippen molar-refractivity contribution in [2.45, 2.75) is 47.5 Å². The number of hydrogen-bond acceptors (Lipinski definition) is 1. The Labute approximate surface area is 70.2 Å². The van der Waals surface area contributed by atoms with Crippen LogP contribution < -0.4 is 0 Å². The molecular weight excluding hydrogens is 136 g/mol. The van der Waals surface area contributed by atoms with Crippen molar-refractivity contribution in [3.05, 3.63) is 0 Å². The van der Waals surface area contributed by atoms with Crippen LogP contribution in [0.4, 0.5) is 0 Å². The first-order valence-corrected chi connectivity index (χ1v) is 4.44. The molecule has 0 fully saturated rings. The molecule has 66 valence electrons. The number of carbonyl (C=O) groups excluding carboxylic acids is 1. The lowest BCUT2D eigenvalue weighted by atomic mass is 9.82. The molecule has 0 aromatic carbocycles. The maximum absolute atomic E-state index is 11.6. The molecule has 0 aliphatic carbocycles. The van der Waals surface area contributed by atoms with Gasteiger partial charge in [0, 0.05) is 11.3 Å². The van der Waals surface area contributed by atoms with Gasteiger partial charge in [-0.2, -0.15) is 0 Å². The van der Waals surface area contributed by atoms with Crippen molar-refractivity contribution >= 4 is 5.78 Å². The number of carbonyl (C=O) groups is 1. The Kier molecular flexibility index (Phi) is 3.77. The molecule has 0 amide bonds. The van der Waals surface area contributed by atoms with Crippen molar-refractivity contribution in [1.82, 2.24) is 0 Å². The normalized spacial score (nSPS) is 14.6. The van der Waals surface area contributed by atoms with Crippen molar-refractivity contribution in [3.63, 3.8) is 0 Å². The summed E-state index contributed by atoms with van der Waals surface area (Å²) in [4.78, 5) is 11.6. The quantitative estimate of drug-likeness (QED) is 0.614. The lowest BCUT2D eigenvalue weighted by Gasteiger charge is -2.21. The van der Waals surface area contributed by atoms with E-state index < -0.39 is 0 Å². The molecule has 0 aromatic heterocycles. The number of rotatable bonds is 3. The average molecular weight is 156 g/mol. The zero-order chi connectivity index (χ0) is 9.07. The van der Waals surface area contributed by atoms with E-state index in [1.807, 2.05) is 27.7 Å². The summed E-state index contributed by atoms with van der Waals surface area (Å²) < 4.78 is 0. The first-order chi connectivity index (χ1) is 4.89. The van der Waals surface area contributed by atoms with E-state index in [-0.39, 0.29) is 11.3 Å². The van der Waals surface area contributed by atoms with Crippen LogP contribution in [0.15, 0.2) is 0 Å². The molecule has 0 saturated carbocycles. The summed E-state index contributed by atoms with van der Waals surface area (Å²) in [7, 11) is 0. The van der Waals surface area contributed by atoms with Gasteiger partial charge < -0.3 is 0 Å². The summed E-state index contributed by atoms with van der Waals surface area (Å²) in [6.07, 6.45) is 2.12. The molecular formula is C10H20O. The Morgan fingerprint density at radius 2 is 1.82 bits per heavy atom. The molecule has 0 heterocycles. The molecule has 0 aliphatic rings. The van der Waals surface area contributed by atoms with E-state index in [1.54, 1.807) is 0 Å². The predicted molar refractivity (Wildman–Crippen MR) is 48.5 cm³/mol. The van der Waals surface area contributed by atoms with Crippen molar-refractivity contribution in [3.8, 4) is 0 Å². The third kappa shape index (κ3) is 3.54. The summed E-state index contributed by atoms with van der Waals surface area (Å²) in [6, 6.07) is 0. The molecule has 0 aromatic rings. The lowest BCUT2D eigenvalue weighted by Crippen LogP contribution is -2.26. The largest absolute Gasteiger partial charge is 0.299 e. The molecule has 0 saturated heterocycles. The highest BCUT2D eigenvalue weighted by molar-refractivity contribution is 5.85. The first-order valence-electron chi connectivity index (χ1n) is 4.44. The first kappa shape index (κ1) is 10.7. The van der Waals surface area contributed by atoms with Crippen LogP contribution in [0.25, 0.3) is 0 Å². The second kappa shape index (κ2) is 3.89. The van der Waals surface area contributed by atoms with Crippen LogP contribution in [0.2, 0.25) is 0 Å². The van der Waals surface area contributed by atoms with Crippen LogP contribution in [0.3, 0.4) is 0 Å². The molecule has 0 bridgehead atoms. The maximum Gasteiger partial charge on any atom is 0.140 e. The minimum atomic E-state index is -0.158. The van der Waals surface area contributed by atoms with Gasteiger partial charge in [0.15, 0.2) is 0 Å². The molecule has 0 aliphatic heterocycles. The standard InChI is InChI=1S/C10H20O/c1-6-7-8(2)9(11)10(3,4)5/h8H,6-7H2,1-5H3. The number of Topliss-reactive ketones (excluding diaryl/α,β-unsaturated/α-hetero) is 1. The van der Waals surface area contributed by atoms with Crippen molar-refractivity contribution < 1.29 is 4.79 Å². The molecule has 0 rings (SSSR count). The maximum atomic E-state index is 11.6. The zero-order valence-electron chi connectivity index (χ0n) is 8.40. The van der Waals surface area contributed by atoms with E-state index >= 15 is 0 Å². The van der Waals surface area contributed by atoms with Gasteiger partial charge in [-0.05, 0) is 6.42 Å². The highest BCUT2D eigenvalue weighted by Crippen LogP contribution is 2.22. The second-order valence-corrected chi connectivity index (χ2v) is 4.30. The highest BCUT2D eigenvalue weighted by Gasteiger charge is 2.25. The Hall–Kier alpha value is -0.330. The Morgan fingerprint density at radius 3 is 2.09 bits per heavy atom. The van der Waals surface area contributed by atoms with Gasteiger partial charge in [-0.1, -0.05) is 41.0 Å². The van der Waals surface area contributed by atoms with E-state index in [0.29, 0.717) is 5.78 Å². The number of ketones is 1. The molecule has 0 N–H and O–H groups in total. The molecule has 0 spiro atoms. The highest BCUT2D eigenvalue weighted by atomic mass is 16.1. The van der Waals surface area contributed by atoms with Crippen molar-refractivity contribution in [2.24, 2.45) is 11.3 Å². The monoisotopic (exact) mass is 156 g/mol. The fraction of sp³-hybridized carbons (Fsp3) is 0.900. The molecule has 1 nitrogen and oxygen atoms in total. The van der Waals surface area contributed by atoms with Gasteiger partial charge in [0.05, 0.1) is 0 Å². The topological polar surface area (TPSA) is 17.1 Å². The van der Waals surface area contributed by atoms with Gasteiger partial charge in [-0.25, -0.2) is 0 Å². The van der Waals surface area contributed by atoms with E-state index in [9.17, 15) is 4.79 Å². The molecule has 1 heteroatoms. The Morgan fingerprint density at radius 1 is 1.36 bits per heavy atom. The van der Waals surface area contributed by atoms with Crippen LogP contribution in [-0.2, 0) is 4.79 Å². The van der Waals surface area contributed by atoms with Crippen molar-refractivity contribution in [1.29, 1.82) is 0 Å². The Balaban J connectivity index is 4.03. The third-order valence-corrected chi connectivity index (χ3v) is 1.91. The van der Waals surface area contributed by atoms with Gasteiger partial charge in [-0.15, -0.1) is 0 Å². The van der Waals surface area contributed by atoms with Crippen molar-refractivity contribution in [2.75, 3.05) is 0 Å². The SMILES string of the molecule is CCCC(C)C(=O)C(C)(C)C.